The maximum absolute atomic E-state index is 4.73. The van der Waals surface area contributed by atoms with Gasteiger partial charge in [-0.05, 0) is 40.2 Å². The van der Waals surface area contributed by atoms with E-state index in [0.717, 1.165) is 41.4 Å². The van der Waals surface area contributed by atoms with Crippen molar-refractivity contribution in [2.24, 2.45) is 0 Å². The lowest BCUT2D eigenvalue weighted by Gasteiger charge is -2.12. The van der Waals surface area contributed by atoms with E-state index < -0.39 is 0 Å². The van der Waals surface area contributed by atoms with Crippen LogP contribution in [-0.4, -0.2) is 16.5 Å². The van der Waals surface area contributed by atoms with Crippen LogP contribution in [0.2, 0.25) is 0 Å². The van der Waals surface area contributed by atoms with Gasteiger partial charge in [-0.1, -0.05) is 6.92 Å². The minimum absolute atomic E-state index is 0.847. The summed E-state index contributed by atoms with van der Waals surface area (Å²) in [4.78, 5) is 12.0. The van der Waals surface area contributed by atoms with Crippen LogP contribution in [0.5, 0.6) is 0 Å². The van der Waals surface area contributed by atoms with Crippen LogP contribution >= 0.6 is 11.3 Å². The van der Waals surface area contributed by atoms with Crippen molar-refractivity contribution < 1.29 is 0 Å². The monoisotopic (exact) mass is 275 g/mol. The SMILES string of the molecule is CCNc1nc(-c2cc(C)sc2C)nc(CC)c1C. The summed E-state index contributed by atoms with van der Waals surface area (Å²) in [5.41, 5.74) is 3.46. The lowest BCUT2D eigenvalue weighted by Crippen LogP contribution is -2.07. The molecule has 0 atom stereocenters. The van der Waals surface area contributed by atoms with Gasteiger partial charge in [-0.3, -0.25) is 0 Å². The van der Waals surface area contributed by atoms with Crippen molar-refractivity contribution >= 4 is 17.2 Å². The largest absolute Gasteiger partial charge is 0.370 e. The number of aryl methyl sites for hydroxylation is 3. The lowest BCUT2D eigenvalue weighted by molar-refractivity contribution is 0.970. The van der Waals surface area contributed by atoms with Gasteiger partial charge in [0.25, 0.3) is 0 Å². The van der Waals surface area contributed by atoms with Crippen molar-refractivity contribution in [1.29, 1.82) is 0 Å². The standard InChI is InChI=1S/C15H21N3S/c1-6-13-10(4)14(16-7-2)18-15(17-13)12-8-9(3)19-11(12)5/h8H,6-7H2,1-5H3,(H,16,17,18). The Kier molecular flexibility index (Phi) is 4.20. The molecule has 0 aromatic carbocycles. The normalized spacial score (nSPS) is 10.8. The predicted molar refractivity (Wildman–Crippen MR) is 83.1 cm³/mol. The summed E-state index contributed by atoms with van der Waals surface area (Å²) < 4.78 is 0. The van der Waals surface area contributed by atoms with Crippen molar-refractivity contribution in [1.82, 2.24) is 9.97 Å². The number of thiophene rings is 1. The number of hydrogen-bond donors (Lipinski definition) is 1. The number of nitrogens with one attached hydrogen (secondary N) is 1. The molecular formula is C15H21N3S. The molecule has 0 spiro atoms. The third-order valence-corrected chi connectivity index (χ3v) is 4.17. The van der Waals surface area contributed by atoms with E-state index in [1.807, 2.05) is 0 Å². The molecule has 0 bridgehead atoms. The van der Waals surface area contributed by atoms with Crippen LogP contribution < -0.4 is 5.32 Å². The summed E-state index contributed by atoms with van der Waals surface area (Å²) >= 11 is 1.80. The zero-order valence-electron chi connectivity index (χ0n) is 12.3. The van der Waals surface area contributed by atoms with Crippen LogP contribution in [0.4, 0.5) is 5.82 Å². The van der Waals surface area contributed by atoms with E-state index in [-0.39, 0.29) is 0 Å². The molecule has 19 heavy (non-hydrogen) atoms. The van der Waals surface area contributed by atoms with Gasteiger partial charge in [0, 0.05) is 33.1 Å². The van der Waals surface area contributed by atoms with E-state index in [1.54, 1.807) is 11.3 Å². The van der Waals surface area contributed by atoms with Crippen molar-refractivity contribution in [3.05, 3.63) is 27.1 Å². The highest BCUT2D eigenvalue weighted by atomic mass is 32.1. The van der Waals surface area contributed by atoms with Gasteiger partial charge >= 0.3 is 0 Å². The van der Waals surface area contributed by atoms with Crippen molar-refractivity contribution in [3.63, 3.8) is 0 Å². The van der Waals surface area contributed by atoms with Crippen LogP contribution in [-0.2, 0) is 6.42 Å². The molecule has 0 aliphatic rings. The van der Waals surface area contributed by atoms with Gasteiger partial charge in [0.15, 0.2) is 5.82 Å². The molecule has 0 saturated heterocycles. The molecule has 1 N–H and O–H groups in total. The predicted octanol–water partition coefficient (Wildman–Crippen LogP) is 4.12. The molecule has 4 heteroatoms. The number of nitrogens with zero attached hydrogens (tertiary/aromatic N) is 2. The van der Waals surface area contributed by atoms with E-state index in [9.17, 15) is 0 Å². The Morgan fingerprint density at radius 1 is 1.16 bits per heavy atom. The summed E-state index contributed by atoms with van der Waals surface area (Å²) in [5, 5.41) is 3.34. The topological polar surface area (TPSA) is 37.8 Å². The summed E-state index contributed by atoms with van der Waals surface area (Å²) in [6, 6.07) is 2.18. The second-order valence-electron chi connectivity index (χ2n) is 4.68. The van der Waals surface area contributed by atoms with Gasteiger partial charge in [0.1, 0.15) is 5.82 Å². The summed E-state index contributed by atoms with van der Waals surface area (Å²) in [6.45, 7) is 11.5. The Hall–Kier alpha value is -1.42. The third-order valence-electron chi connectivity index (χ3n) is 3.21. The molecule has 3 nitrogen and oxygen atoms in total. The highest BCUT2D eigenvalue weighted by Gasteiger charge is 2.13. The molecule has 0 saturated carbocycles. The second-order valence-corrected chi connectivity index (χ2v) is 6.14. The molecule has 2 aromatic rings. The molecule has 2 rings (SSSR count). The number of hydrogen-bond acceptors (Lipinski definition) is 4. The molecule has 0 fully saturated rings. The third kappa shape index (κ3) is 2.78. The van der Waals surface area contributed by atoms with Gasteiger partial charge in [0.05, 0.1) is 0 Å². The highest BCUT2D eigenvalue weighted by molar-refractivity contribution is 7.12. The molecule has 2 heterocycles. The smallest absolute Gasteiger partial charge is 0.162 e. The van der Waals surface area contributed by atoms with Gasteiger partial charge in [-0.2, -0.15) is 0 Å². The fourth-order valence-electron chi connectivity index (χ4n) is 2.22. The maximum atomic E-state index is 4.73. The minimum Gasteiger partial charge on any atom is -0.370 e. The van der Waals surface area contributed by atoms with Crippen LogP contribution in [0, 0.1) is 20.8 Å². The Morgan fingerprint density at radius 3 is 2.42 bits per heavy atom. The van der Waals surface area contributed by atoms with Gasteiger partial charge in [-0.25, -0.2) is 9.97 Å². The average molecular weight is 275 g/mol. The van der Waals surface area contributed by atoms with E-state index in [0.29, 0.717) is 0 Å². The maximum Gasteiger partial charge on any atom is 0.162 e. The minimum atomic E-state index is 0.847. The van der Waals surface area contributed by atoms with Crippen LogP contribution in [0.1, 0.15) is 34.9 Å². The molecule has 0 amide bonds. The first-order chi connectivity index (χ1) is 9.06. The quantitative estimate of drug-likeness (QED) is 0.912. The molecule has 102 valence electrons. The molecule has 0 unspecified atom stereocenters. The molecule has 0 aliphatic heterocycles. The first-order valence-corrected chi connectivity index (χ1v) is 7.57. The van der Waals surface area contributed by atoms with E-state index in [1.165, 1.54) is 9.75 Å². The highest BCUT2D eigenvalue weighted by Crippen LogP contribution is 2.30. The number of aromatic nitrogens is 2. The van der Waals surface area contributed by atoms with Gasteiger partial charge < -0.3 is 5.32 Å². The molecular weight excluding hydrogens is 254 g/mol. The molecule has 0 radical (unpaired) electrons. The zero-order valence-corrected chi connectivity index (χ0v) is 13.1. The fourth-order valence-corrected chi connectivity index (χ4v) is 3.14. The Balaban J connectivity index is 2.57. The average Bonchev–Trinajstić information content (AvgIpc) is 2.71. The zero-order chi connectivity index (χ0) is 14.0. The van der Waals surface area contributed by atoms with Crippen molar-refractivity contribution in [2.45, 2.75) is 41.0 Å². The van der Waals surface area contributed by atoms with Crippen LogP contribution in [0.15, 0.2) is 6.07 Å². The number of rotatable bonds is 4. The Morgan fingerprint density at radius 2 is 1.89 bits per heavy atom. The number of anilines is 1. The fraction of sp³-hybridized carbons (Fsp3) is 0.467. The Bertz CT molecular complexity index is 587. The summed E-state index contributed by atoms with van der Waals surface area (Å²) in [5.74, 6) is 1.81. The van der Waals surface area contributed by atoms with Gasteiger partial charge in [0.2, 0.25) is 0 Å². The lowest BCUT2D eigenvalue weighted by atomic mass is 10.1. The first kappa shape index (κ1) is 14.0. The first-order valence-electron chi connectivity index (χ1n) is 6.75. The van der Waals surface area contributed by atoms with Crippen molar-refractivity contribution in [2.75, 3.05) is 11.9 Å². The Labute approximate surface area is 119 Å². The van der Waals surface area contributed by atoms with Crippen LogP contribution in [0.25, 0.3) is 11.4 Å². The van der Waals surface area contributed by atoms with Crippen molar-refractivity contribution in [3.8, 4) is 11.4 Å². The van der Waals surface area contributed by atoms with E-state index >= 15 is 0 Å². The van der Waals surface area contributed by atoms with Gasteiger partial charge in [-0.15, -0.1) is 11.3 Å². The summed E-state index contributed by atoms with van der Waals surface area (Å²) in [7, 11) is 0. The van der Waals surface area contributed by atoms with E-state index in [4.69, 9.17) is 9.97 Å². The van der Waals surface area contributed by atoms with E-state index in [2.05, 4.69) is 46.0 Å². The second kappa shape index (κ2) is 5.70. The summed E-state index contributed by atoms with van der Waals surface area (Å²) in [6.07, 6.45) is 0.932. The molecule has 2 aromatic heterocycles. The molecule has 0 aliphatic carbocycles. The van der Waals surface area contributed by atoms with Crippen LogP contribution in [0.3, 0.4) is 0 Å².